The monoisotopic (exact) mass is 409 g/mol. The average molecular weight is 409 g/mol. The van der Waals surface area contributed by atoms with Gasteiger partial charge in [-0.2, -0.15) is 0 Å². The minimum Gasteiger partial charge on any atom is -0.361 e. The normalized spacial score (nSPS) is 11.2. The van der Waals surface area contributed by atoms with E-state index >= 15 is 0 Å². The van der Waals surface area contributed by atoms with Gasteiger partial charge in [0.05, 0.1) is 0 Å². The Morgan fingerprint density at radius 1 is 0.968 bits per heavy atom. The maximum absolute atomic E-state index is 12.5. The predicted octanol–water partition coefficient (Wildman–Crippen LogP) is 4.19. The van der Waals surface area contributed by atoms with Crippen LogP contribution in [0.4, 0.5) is 0 Å². The Kier molecular flexibility index (Phi) is 5.19. The highest BCUT2D eigenvalue weighted by atomic mass is 16.1. The number of aromatic amines is 1. The van der Waals surface area contributed by atoms with Gasteiger partial charge < -0.3 is 10.3 Å². The molecule has 0 aliphatic heterocycles. The molecule has 5 rings (SSSR count). The molecule has 31 heavy (non-hydrogen) atoms. The third-order valence-electron chi connectivity index (χ3n) is 5.47. The number of carbonyl (C=O) groups excluding carboxylic acids is 1. The van der Waals surface area contributed by atoms with E-state index in [1.807, 2.05) is 65.4 Å². The van der Waals surface area contributed by atoms with E-state index in [0.717, 1.165) is 34.6 Å². The van der Waals surface area contributed by atoms with Crippen LogP contribution in [-0.4, -0.2) is 32.0 Å². The Hall–Kier alpha value is -3.93. The number of amides is 1. The number of nitrogens with zero attached hydrogens (tertiary/aromatic N) is 3. The molecular weight excluding hydrogens is 386 g/mol. The maximum atomic E-state index is 12.5. The van der Waals surface area contributed by atoms with Crippen molar-refractivity contribution in [2.75, 3.05) is 6.54 Å². The molecule has 0 radical (unpaired) electrons. The van der Waals surface area contributed by atoms with Crippen molar-refractivity contribution in [3.05, 3.63) is 90.5 Å². The molecule has 0 bridgehead atoms. The molecule has 2 N–H and O–H groups in total. The van der Waals surface area contributed by atoms with Crippen LogP contribution in [0.3, 0.4) is 0 Å². The SMILES string of the molecule is O=C(CCc1nc2cccnc2n1-c1ccccc1)NCCc1c[nH]c2ccccc12. The van der Waals surface area contributed by atoms with Gasteiger partial charge in [-0.05, 0) is 42.3 Å². The molecule has 6 heteroatoms. The van der Waals surface area contributed by atoms with Gasteiger partial charge in [-0.15, -0.1) is 0 Å². The minimum absolute atomic E-state index is 0.0273. The van der Waals surface area contributed by atoms with Crippen LogP contribution < -0.4 is 5.32 Å². The lowest BCUT2D eigenvalue weighted by atomic mass is 10.1. The lowest BCUT2D eigenvalue weighted by Gasteiger charge is -2.09. The molecule has 0 atom stereocenters. The second kappa shape index (κ2) is 8.44. The number of aromatic nitrogens is 4. The number of H-pyrrole nitrogens is 1. The van der Waals surface area contributed by atoms with E-state index in [1.54, 1.807) is 6.20 Å². The number of carbonyl (C=O) groups is 1. The van der Waals surface area contributed by atoms with Gasteiger partial charge >= 0.3 is 0 Å². The highest BCUT2D eigenvalue weighted by Crippen LogP contribution is 2.21. The van der Waals surface area contributed by atoms with Crippen LogP contribution in [0, 0.1) is 0 Å². The number of pyridine rings is 1. The predicted molar refractivity (Wildman–Crippen MR) is 122 cm³/mol. The number of benzene rings is 2. The molecule has 5 aromatic rings. The first-order chi connectivity index (χ1) is 15.3. The van der Waals surface area contributed by atoms with Crippen molar-refractivity contribution >= 4 is 28.0 Å². The van der Waals surface area contributed by atoms with Gasteiger partial charge in [0.2, 0.25) is 5.91 Å². The van der Waals surface area contributed by atoms with Gasteiger partial charge in [-0.1, -0.05) is 36.4 Å². The first kappa shape index (κ1) is 19.1. The highest BCUT2D eigenvalue weighted by Gasteiger charge is 2.14. The molecule has 0 spiro atoms. The van der Waals surface area contributed by atoms with E-state index in [4.69, 9.17) is 4.98 Å². The number of hydrogen-bond donors (Lipinski definition) is 2. The van der Waals surface area contributed by atoms with Gasteiger partial charge in [0.1, 0.15) is 11.3 Å². The van der Waals surface area contributed by atoms with E-state index in [2.05, 4.69) is 27.4 Å². The van der Waals surface area contributed by atoms with Gasteiger partial charge in [0, 0.05) is 48.4 Å². The summed E-state index contributed by atoms with van der Waals surface area (Å²) in [4.78, 5) is 25.0. The maximum Gasteiger partial charge on any atom is 0.220 e. The Bertz CT molecular complexity index is 1340. The van der Waals surface area contributed by atoms with Crippen LogP contribution >= 0.6 is 0 Å². The highest BCUT2D eigenvalue weighted by molar-refractivity contribution is 5.83. The van der Waals surface area contributed by atoms with Crippen molar-refractivity contribution in [1.29, 1.82) is 0 Å². The van der Waals surface area contributed by atoms with Crippen LogP contribution in [0.5, 0.6) is 0 Å². The van der Waals surface area contributed by atoms with Gasteiger partial charge in [0.15, 0.2) is 5.65 Å². The number of imidazole rings is 1. The van der Waals surface area contributed by atoms with Crippen molar-refractivity contribution in [2.24, 2.45) is 0 Å². The second-order valence-corrected chi connectivity index (χ2v) is 7.50. The number of rotatable bonds is 7. The standard InChI is InChI=1S/C25H23N5O/c31-24(26-16-14-18-17-28-21-10-5-4-9-20(18)21)13-12-23-29-22-11-6-15-27-25(22)30(23)19-7-2-1-3-8-19/h1-11,15,17,28H,12-14,16H2,(H,26,31). The number of para-hydroxylation sites is 2. The summed E-state index contributed by atoms with van der Waals surface area (Å²) in [5, 5.41) is 4.25. The summed E-state index contributed by atoms with van der Waals surface area (Å²) in [5.74, 6) is 0.867. The molecule has 0 saturated carbocycles. The summed E-state index contributed by atoms with van der Waals surface area (Å²) in [5.41, 5.74) is 4.98. The molecule has 3 heterocycles. The van der Waals surface area contributed by atoms with E-state index in [1.165, 1.54) is 10.9 Å². The lowest BCUT2D eigenvalue weighted by Crippen LogP contribution is -2.26. The number of fused-ring (bicyclic) bond motifs is 2. The average Bonchev–Trinajstić information content (AvgIpc) is 3.39. The van der Waals surface area contributed by atoms with Crippen LogP contribution in [0.25, 0.3) is 27.8 Å². The third-order valence-corrected chi connectivity index (χ3v) is 5.47. The first-order valence-corrected chi connectivity index (χ1v) is 10.5. The Labute approximate surface area is 180 Å². The lowest BCUT2D eigenvalue weighted by molar-refractivity contribution is -0.121. The summed E-state index contributed by atoms with van der Waals surface area (Å²) in [6.45, 7) is 0.608. The third kappa shape index (κ3) is 3.92. The molecular formula is C25H23N5O. The van der Waals surface area contributed by atoms with Crippen molar-refractivity contribution in [3.63, 3.8) is 0 Å². The Morgan fingerprint density at radius 3 is 2.71 bits per heavy atom. The van der Waals surface area contributed by atoms with Crippen LogP contribution in [-0.2, 0) is 17.6 Å². The molecule has 154 valence electrons. The summed E-state index contributed by atoms with van der Waals surface area (Å²) in [6, 6.07) is 22.1. The van der Waals surface area contributed by atoms with Gasteiger partial charge in [-0.25, -0.2) is 9.97 Å². The second-order valence-electron chi connectivity index (χ2n) is 7.50. The minimum atomic E-state index is 0.0273. The Balaban J connectivity index is 1.25. The molecule has 0 aliphatic rings. The van der Waals surface area contributed by atoms with Crippen molar-refractivity contribution < 1.29 is 4.79 Å². The topological polar surface area (TPSA) is 75.6 Å². The summed E-state index contributed by atoms with van der Waals surface area (Å²) in [7, 11) is 0. The number of aryl methyl sites for hydroxylation is 1. The van der Waals surface area contributed by atoms with Crippen molar-refractivity contribution in [1.82, 2.24) is 24.8 Å². The van der Waals surface area contributed by atoms with E-state index in [-0.39, 0.29) is 5.91 Å². The molecule has 0 aliphatic carbocycles. The quantitative estimate of drug-likeness (QED) is 0.423. The van der Waals surface area contributed by atoms with E-state index < -0.39 is 0 Å². The fraction of sp³-hybridized carbons (Fsp3) is 0.160. The van der Waals surface area contributed by atoms with E-state index in [9.17, 15) is 4.79 Å². The van der Waals surface area contributed by atoms with Crippen LogP contribution in [0.15, 0.2) is 79.1 Å². The summed E-state index contributed by atoms with van der Waals surface area (Å²) in [6.07, 6.45) is 5.51. The zero-order valence-electron chi connectivity index (χ0n) is 17.1. The molecule has 2 aromatic carbocycles. The van der Waals surface area contributed by atoms with Gasteiger partial charge in [-0.3, -0.25) is 9.36 Å². The van der Waals surface area contributed by atoms with Crippen LogP contribution in [0.2, 0.25) is 0 Å². The zero-order chi connectivity index (χ0) is 21.0. The van der Waals surface area contributed by atoms with E-state index in [0.29, 0.717) is 19.4 Å². The number of nitrogens with one attached hydrogen (secondary N) is 2. The Morgan fingerprint density at radius 2 is 1.81 bits per heavy atom. The molecule has 0 unspecified atom stereocenters. The molecule has 1 amide bonds. The molecule has 0 saturated heterocycles. The largest absolute Gasteiger partial charge is 0.361 e. The van der Waals surface area contributed by atoms with Crippen molar-refractivity contribution in [2.45, 2.75) is 19.3 Å². The number of hydrogen-bond acceptors (Lipinski definition) is 3. The zero-order valence-corrected chi connectivity index (χ0v) is 17.1. The molecule has 6 nitrogen and oxygen atoms in total. The molecule has 0 fully saturated rings. The van der Waals surface area contributed by atoms with Crippen LogP contribution in [0.1, 0.15) is 17.8 Å². The summed E-state index contributed by atoms with van der Waals surface area (Å²) < 4.78 is 2.04. The smallest absolute Gasteiger partial charge is 0.220 e. The van der Waals surface area contributed by atoms with Gasteiger partial charge in [0.25, 0.3) is 0 Å². The fourth-order valence-corrected chi connectivity index (χ4v) is 3.96. The first-order valence-electron chi connectivity index (χ1n) is 10.5. The van der Waals surface area contributed by atoms with Crippen molar-refractivity contribution in [3.8, 4) is 5.69 Å². The fourth-order valence-electron chi connectivity index (χ4n) is 3.96. The summed E-state index contributed by atoms with van der Waals surface area (Å²) >= 11 is 0. The molecule has 3 aromatic heterocycles.